The maximum Gasteiger partial charge on any atom is 0.292 e. The number of nitrogens with zero attached hydrogens (tertiary/aromatic N) is 3. The summed E-state index contributed by atoms with van der Waals surface area (Å²) in [6.45, 7) is 2.08. The molecule has 0 unspecified atom stereocenters. The van der Waals surface area contributed by atoms with Crippen molar-refractivity contribution in [3.63, 3.8) is 0 Å². The molecule has 0 aliphatic carbocycles. The molecule has 1 N–H and O–H groups in total. The van der Waals surface area contributed by atoms with Crippen LogP contribution in [-0.4, -0.2) is 21.9 Å². The van der Waals surface area contributed by atoms with Gasteiger partial charge >= 0.3 is 0 Å². The number of carbonyl (C=O) groups is 1. The Balaban J connectivity index is 1.68. The molecule has 0 aliphatic rings. The number of nitrogens with one attached hydrogen (secondary N) is 1. The van der Waals surface area contributed by atoms with Gasteiger partial charge in [0.15, 0.2) is 5.69 Å². The molecule has 0 atom stereocenters. The first kappa shape index (κ1) is 18.4. The Bertz CT molecular complexity index is 1260. The van der Waals surface area contributed by atoms with E-state index in [2.05, 4.69) is 15.6 Å². The third kappa shape index (κ3) is 3.98. The lowest BCUT2D eigenvalue weighted by Gasteiger charge is -2.10. The molecular weight excluding hydrogens is 368 g/mol. The minimum atomic E-state index is -0.512. The van der Waals surface area contributed by atoms with E-state index in [1.54, 1.807) is 36.4 Å². The van der Waals surface area contributed by atoms with Gasteiger partial charge in [-0.25, -0.2) is 10.1 Å². The minimum Gasteiger partial charge on any atom is -0.460 e. The summed E-state index contributed by atoms with van der Waals surface area (Å²) in [5, 5.41) is 9.15. The third-order valence-corrected chi connectivity index (χ3v) is 4.38. The predicted molar refractivity (Wildman–Crippen MR) is 110 cm³/mol. The Morgan fingerprint density at radius 1 is 1.07 bits per heavy atom. The lowest BCUT2D eigenvalue weighted by atomic mass is 10.1. The zero-order valence-corrected chi connectivity index (χ0v) is 15.7. The second-order valence-electron chi connectivity index (χ2n) is 6.49. The summed E-state index contributed by atoms with van der Waals surface area (Å²) < 4.78 is 6.68. The van der Waals surface area contributed by atoms with Crippen LogP contribution in [0.4, 0.5) is 0 Å². The van der Waals surface area contributed by atoms with Crippen molar-refractivity contribution in [1.82, 2.24) is 15.2 Å². The van der Waals surface area contributed by atoms with Gasteiger partial charge in [0.1, 0.15) is 11.5 Å². The van der Waals surface area contributed by atoms with Crippen molar-refractivity contribution in [2.75, 3.05) is 0 Å². The topological polar surface area (TPSA) is 89.5 Å². The predicted octanol–water partition coefficient (Wildman–Crippen LogP) is 3.11. The molecule has 2 aromatic heterocycles. The number of fused-ring (bicyclic) bond motifs is 1. The Labute approximate surface area is 166 Å². The van der Waals surface area contributed by atoms with Crippen LogP contribution in [0, 0.1) is 6.92 Å². The first-order valence-corrected chi connectivity index (χ1v) is 9.05. The van der Waals surface area contributed by atoms with Crippen LogP contribution in [0.25, 0.3) is 10.8 Å². The quantitative estimate of drug-likeness (QED) is 0.422. The summed E-state index contributed by atoms with van der Waals surface area (Å²) >= 11 is 0. The van der Waals surface area contributed by atoms with Crippen LogP contribution in [-0.2, 0) is 6.54 Å². The van der Waals surface area contributed by atoms with Crippen molar-refractivity contribution in [1.29, 1.82) is 0 Å². The molecule has 2 aromatic carbocycles. The molecule has 7 nitrogen and oxygen atoms in total. The molecule has 0 saturated heterocycles. The monoisotopic (exact) mass is 386 g/mol. The van der Waals surface area contributed by atoms with Crippen LogP contribution in [0.1, 0.15) is 27.6 Å². The van der Waals surface area contributed by atoms with Gasteiger partial charge < -0.3 is 4.42 Å². The summed E-state index contributed by atoms with van der Waals surface area (Å²) in [7, 11) is 0. The molecule has 0 bridgehead atoms. The summed E-state index contributed by atoms with van der Waals surface area (Å²) in [5.74, 6) is 0.760. The molecule has 0 fully saturated rings. The third-order valence-electron chi connectivity index (χ3n) is 4.38. The molecule has 0 spiro atoms. The number of benzene rings is 2. The molecule has 4 aromatic rings. The van der Waals surface area contributed by atoms with E-state index < -0.39 is 5.91 Å². The number of hydrogen-bond acceptors (Lipinski definition) is 5. The number of hydrazone groups is 1. The highest BCUT2D eigenvalue weighted by Crippen LogP contribution is 2.14. The lowest BCUT2D eigenvalue weighted by molar-refractivity contribution is 0.0949. The van der Waals surface area contributed by atoms with Crippen LogP contribution >= 0.6 is 0 Å². The van der Waals surface area contributed by atoms with E-state index in [0.29, 0.717) is 16.5 Å². The van der Waals surface area contributed by atoms with Gasteiger partial charge in [0.2, 0.25) is 0 Å². The molecule has 0 aliphatic heterocycles. The van der Waals surface area contributed by atoms with Gasteiger partial charge in [0.25, 0.3) is 11.5 Å². The van der Waals surface area contributed by atoms with E-state index in [-0.39, 0.29) is 17.8 Å². The van der Waals surface area contributed by atoms with Crippen molar-refractivity contribution in [3.8, 4) is 0 Å². The molecule has 4 rings (SSSR count). The molecule has 144 valence electrons. The summed E-state index contributed by atoms with van der Waals surface area (Å²) in [6, 6.07) is 19.9. The highest BCUT2D eigenvalue weighted by atomic mass is 16.3. The number of aromatic nitrogens is 2. The number of rotatable bonds is 5. The molecule has 1 amide bonds. The minimum absolute atomic E-state index is 0.129. The molecule has 29 heavy (non-hydrogen) atoms. The van der Waals surface area contributed by atoms with Gasteiger partial charge in [0, 0.05) is 5.39 Å². The van der Waals surface area contributed by atoms with Crippen molar-refractivity contribution >= 4 is 22.9 Å². The zero-order valence-electron chi connectivity index (χ0n) is 15.7. The van der Waals surface area contributed by atoms with Gasteiger partial charge in [-0.2, -0.15) is 10.2 Å². The standard InChI is InChI=1S/C22H18N4O3/c1-15-11-12-17(29-15)13-23-24-21(27)20-18-9-5-6-10-19(18)22(28)26(25-20)14-16-7-3-2-4-8-16/h2-13H,14H2,1H3,(H,24,27)/b23-13-. The smallest absolute Gasteiger partial charge is 0.292 e. The Kier molecular flexibility index (Phi) is 5.03. The number of amides is 1. The summed E-state index contributed by atoms with van der Waals surface area (Å²) in [6.07, 6.45) is 1.41. The number of carbonyl (C=O) groups excluding carboxylic acids is 1. The zero-order chi connectivity index (χ0) is 20.2. The van der Waals surface area contributed by atoms with Crippen LogP contribution < -0.4 is 11.0 Å². The lowest BCUT2D eigenvalue weighted by Crippen LogP contribution is -2.29. The summed E-state index contributed by atoms with van der Waals surface area (Å²) in [5.41, 5.74) is 3.24. The molecule has 0 saturated carbocycles. The number of hydrogen-bond donors (Lipinski definition) is 1. The van der Waals surface area contributed by atoms with Gasteiger partial charge in [-0.05, 0) is 30.7 Å². The van der Waals surface area contributed by atoms with Gasteiger partial charge in [0.05, 0.1) is 18.1 Å². The van der Waals surface area contributed by atoms with Crippen LogP contribution in [0.2, 0.25) is 0 Å². The summed E-state index contributed by atoms with van der Waals surface area (Å²) in [4.78, 5) is 25.6. The number of furan rings is 1. The van der Waals surface area contributed by atoms with Crippen molar-refractivity contribution in [2.24, 2.45) is 5.10 Å². The van der Waals surface area contributed by atoms with E-state index in [1.165, 1.54) is 10.9 Å². The van der Waals surface area contributed by atoms with Gasteiger partial charge in [-0.15, -0.1) is 0 Å². The second kappa shape index (κ2) is 7.93. The Morgan fingerprint density at radius 3 is 2.52 bits per heavy atom. The number of aryl methyl sites for hydroxylation is 1. The average molecular weight is 386 g/mol. The van der Waals surface area contributed by atoms with Gasteiger partial charge in [-0.1, -0.05) is 48.5 Å². The normalized spacial score (nSPS) is 11.2. The van der Waals surface area contributed by atoms with E-state index >= 15 is 0 Å². The fourth-order valence-corrected chi connectivity index (χ4v) is 3.00. The fraction of sp³-hybridized carbons (Fsp3) is 0.0909. The highest BCUT2D eigenvalue weighted by Gasteiger charge is 2.16. The van der Waals surface area contributed by atoms with Crippen molar-refractivity contribution in [2.45, 2.75) is 13.5 Å². The van der Waals surface area contributed by atoms with Crippen LogP contribution in [0.3, 0.4) is 0 Å². The molecule has 0 radical (unpaired) electrons. The Morgan fingerprint density at radius 2 is 1.79 bits per heavy atom. The van der Waals surface area contributed by atoms with E-state index in [9.17, 15) is 9.59 Å². The van der Waals surface area contributed by atoms with Gasteiger partial charge in [-0.3, -0.25) is 9.59 Å². The maximum absolute atomic E-state index is 12.8. The fourth-order valence-electron chi connectivity index (χ4n) is 3.00. The SMILES string of the molecule is Cc1ccc(/C=N\NC(=O)c2nn(Cc3ccccc3)c(=O)c3ccccc23)o1. The second-order valence-corrected chi connectivity index (χ2v) is 6.49. The van der Waals surface area contributed by atoms with Crippen molar-refractivity contribution in [3.05, 3.63) is 99.9 Å². The van der Waals surface area contributed by atoms with Crippen LogP contribution in [0.15, 0.2) is 81.0 Å². The van der Waals surface area contributed by atoms with Crippen molar-refractivity contribution < 1.29 is 9.21 Å². The first-order valence-electron chi connectivity index (χ1n) is 9.05. The highest BCUT2D eigenvalue weighted by molar-refractivity contribution is 6.04. The Hall–Kier alpha value is -4.00. The average Bonchev–Trinajstić information content (AvgIpc) is 3.16. The first-order chi connectivity index (χ1) is 14.1. The molecular formula is C22H18N4O3. The van der Waals surface area contributed by atoms with E-state index in [4.69, 9.17) is 4.42 Å². The largest absolute Gasteiger partial charge is 0.460 e. The van der Waals surface area contributed by atoms with E-state index in [0.717, 1.165) is 11.3 Å². The molecule has 7 heteroatoms. The maximum atomic E-state index is 12.8. The molecule has 2 heterocycles. The van der Waals surface area contributed by atoms with Crippen LogP contribution in [0.5, 0.6) is 0 Å². The van der Waals surface area contributed by atoms with E-state index in [1.807, 2.05) is 37.3 Å².